The van der Waals surface area contributed by atoms with Gasteiger partial charge in [-0.05, 0) is 32.1 Å². The number of aliphatic hydroxyl groups is 1. The number of hydrogen-bond acceptors (Lipinski definition) is 5. The van der Waals surface area contributed by atoms with Gasteiger partial charge in [0.1, 0.15) is 5.82 Å². The van der Waals surface area contributed by atoms with Gasteiger partial charge in [0.2, 0.25) is 5.60 Å². The van der Waals surface area contributed by atoms with Gasteiger partial charge in [0.25, 0.3) is 0 Å². The van der Waals surface area contributed by atoms with Crippen molar-refractivity contribution < 1.29 is 27.8 Å². The molecule has 1 saturated heterocycles. The van der Waals surface area contributed by atoms with Crippen LogP contribution in [0.5, 0.6) is 0 Å². The van der Waals surface area contributed by atoms with E-state index in [9.17, 15) is 18.3 Å². The number of alkyl halides is 3. The highest BCUT2D eigenvalue weighted by atomic mass is 127. The zero-order chi connectivity index (χ0) is 22.7. The second kappa shape index (κ2) is 14.2. The molecule has 0 spiro atoms. The summed E-state index contributed by atoms with van der Waals surface area (Å²) < 4.78 is 52.9. The highest BCUT2D eigenvalue weighted by molar-refractivity contribution is 14.0. The minimum Gasteiger partial charge on any atom is -0.381 e. The van der Waals surface area contributed by atoms with Gasteiger partial charge in [-0.3, -0.25) is 4.99 Å². The molecule has 0 bridgehead atoms. The molecule has 1 aromatic heterocycles. The lowest BCUT2D eigenvalue weighted by molar-refractivity contribution is -0.272. The first-order chi connectivity index (χ1) is 14.8. The number of rotatable bonds is 11. The van der Waals surface area contributed by atoms with Gasteiger partial charge in [-0.15, -0.1) is 24.0 Å². The molecule has 1 fully saturated rings. The summed E-state index contributed by atoms with van der Waals surface area (Å²) in [6.45, 7) is 5.66. The molecule has 2 rings (SSSR count). The van der Waals surface area contributed by atoms with Gasteiger partial charge in [0, 0.05) is 71.9 Å². The predicted molar refractivity (Wildman–Crippen MR) is 126 cm³/mol. The predicted octanol–water partition coefficient (Wildman–Crippen LogP) is 2.57. The third kappa shape index (κ3) is 8.67. The molecule has 1 aliphatic heterocycles. The van der Waals surface area contributed by atoms with Crippen molar-refractivity contribution in [2.75, 3.05) is 46.1 Å². The SMILES string of the molecule is CCNC(=NCCCOCC1CCOCC1)NCCC(O)(c1nccn1C)C(F)(F)F.I. The Balaban J connectivity index is 0.00000512. The Morgan fingerprint density at radius 3 is 2.66 bits per heavy atom. The van der Waals surface area contributed by atoms with Crippen molar-refractivity contribution in [3.63, 3.8) is 0 Å². The van der Waals surface area contributed by atoms with Gasteiger partial charge >= 0.3 is 6.18 Å². The molecule has 32 heavy (non-hydrogen) atoms. The average Bonchev–Trinajstić information content (AvgIpc) is 3.16. The Labute approximate surface area is 204 Å². The Morgan fingerprint density at radius 2 is 2.06 bits per heavy atom. The van der Waals surface area contributed by atoms with E-state index in [1.54, 1.807) is 0 Å². The van der Waals surface area contributed by atoms with E-state index in [0.717, 1.165) is 26.1 Å². The first-order valence-corrected chi connectivity index (χ1v) is 10.7. The molecule has 1 atom stereocenters. The number of aliphatic imine (C=N–C) groups is 1. The van der Waals surface area contributed by atoms with Gasteiger partial charge < -0.3 is 29.8 Å². The summed E-state index contributed by atoms with van der Waals surface area (Å²) in [4.78, 5) is 8.07. The van der Waals surface area contributed by atoms with Crippen molar-refractivity contribution in [3.05, 3.63) is 18.2 Å². The minimum atomic E-state index is -4.86. The molecule has 1 aliphatic rings. The summed E-state index contributed by atoms with van der Waals surface area (Å²) in [5.41, 5.74) is -3.05. The summed E-state index contributed by atoms with van der Waals surface area (Å²) in [5.74, 6) is 0.504. The number of nitrogens with one attached hydrogen (secondary N) is 2. The third-order valence-corrected chi connectivity index (χ3v) is 5.19. The third-order valence-electron chi connectivity index (χ3n) is 5.19. The monoisotopic (exact) mass is 577 g/mol. The molecular formula is C20H35F3IN5O3. The Kier molecular flexibility index (Phi) is 12.8. The zero-order valence-corrected chi connectivity index (χ0v) is 21.0. The van der Waals surface area contributed by atoms with Crippen LogP contribution in [0.3, 0.4) is 0 Å². The molecule has 2 heterocycles. The van der Waals surface area contributed by atoms with E-state index in [-0.39, 0.29) is 30.5 Å². The van der Waals surface area contributed by atoms with Crippen LogP contribution in [0.2, 0.25) is 0 Å². The molecule has 186 valence electrons. The zero-order valence-electron chi connectivity index (χ0n) is 18.7. The van der Waals surface area contributed by atoms with Crippen molar-refractivity contribution in [1.29, 1.82) is 0 Å². The van der Waals surface area contributed by atoms with Crippen molar-refractivity contribution in [1.82, 2.24) is 20.2 Å². The van der Waals surface area contributed by atoms with Crippen LogP contribution in [0.1, 0.15) is 38.4 Å². The maximum atomic E-state index is 13.6. The number of aromatic nitrogens is 2. The van der Waals surface area contributed by atoms with Gasteiger partial charge in [-0.1, -0.05) is 0 Å². The van der Waals surface area contributed by atoms with Crippen molar-refractivity contribution >= 4 is 29.9 Å². The fourth-order valence-electron chi connectivity index (χ4n) is 3.37. The Bertz CT molecular complexity index is 684. The summed E-state index contributed by atoms with van der Waals surface area (Å²) >= 11 is 0. The van der Waals surface area contributed by atoms with Gasteiger partial charge in [0.05, 0.1) is 0 Å². The van der Waals surface area contributed by atoms with Gasteiger partial charge in [-0.25, -0.2) is 4.98 Å². The molecule has 1 aromatic rings. The lowest BCUT2D eigenvalue weighted by Crippen LogP contribution is -2.48. The van der Waals surface area contributed by atoms with E-state index in [4.69, 9.17) is 9.47 Å². The van der Waals surface area contributed by atoms with Crippen molar-refractivity contribution in [3.8, 4) is 0 Å². The first-order valence-electron chi connectivity index (χ1n) is 10.7. The number of imidazole rings is 1. The summed E-state index contributed by atoms with van der Waals surface area (Å²) in [6, 6.07) is 0. The fourth-order valence-corrected chi connectivity index (χ4v) is 3.37. The van der Waals surface area contributed by atoms with E-state index in [1.807, 2.05) is 6.92 Å². The summed E-state index contributed by atoms with van der Waals surface area (Å²) in [6.07, 6.45) is -0.0980. The smallest absolute Gasteiger partial charge is 0.381 e. The molecule has 0 amide bonds. The number of guanidine groups is 1. The van der Waals surface area contributed by atoms with Crippen LogP contribution in [0.4, 0.5) is 13.2 Å². The second-order valence-electron chi connectivity index (χ2n) is 7.64. The van der Waals surface area contributed by atoms with Crippen LogP contribution >= 0.6 is 24.0 Å². The molecule has 8 nitrogen and oxygen atoms in total. The lowest BCUT2D eigenvalue weighted by Gasteiger charge is -2.30. The number of ether oxygens (including phenoxy) is 2. The molecule has 0 aliphatic carbocycles. The second-order valence-corrected chi connectivity index (χ2v) is 7.64. The molecular weight excluding hydrogens is 542 g/mol. The fraction of sp³-hybridized carbons (Fsp3) is 0.800. The van der Waals surface area contributed by atoms with E-state index < -0.39 is 24.0 Å². The van der Waals surface area contributed by atoms with E-state index in [1.165, 1.54) is 24.0 Å². The van der Waals surface area contributed by atoms with Crippen LogP contribution in [0.25, 0.3) is 0 Å². The van der Waals surface area contributed by atoms with Crippen LogP contribution in [-0.2, 0) is 22.1 Å². The topological polar surface area (TPSA) is 92.9 Å². The standard InChI is InChI=1S/C20H34F3N5O3.HI/c1-3-24-18(26-8-4-12-31-15-16-5-13-30-14-6-16)27-9-7-19(29,20(21,22)23)17-25-10-11-28(17)2;/h10-11,16,29H,3-9,12-15H2,1-2H3,(H2,24,26,27);1H. The summed E-state index contributed by atoms with van der Waals surface area (Å²) in [5, 5.41) is 16.2. The minimum absolute atomic E-state index is 0. The maximum Gasteiger partial charge on any atom is 0.424 e. The molecule has 3 N–H and O–H groups in total. The number of halogens is 4. The quantitative estimate of drug-likeness (QED) is 0.162. The largest absolute Gasteiger partial charge is 0.424 e. The lowest BCUT2D eigenvalue weighted by atomic mass is 9.97. The van der Waals surface area contributed by atoms with E-state index in [0.29, 0.717) is 44.6 Å². The number of aryl methyl sites for hydroxylation is 1. The van der Waals surface area contributed by atoms with Gasteiger partial charge in [-0.2, -0.15) is 13.2 Å². The summed E-state index contributed by atoms with van der Waals surface area (Å²) in [7, 11) is 1.42. The highest BCUT2D eigenvalue weighted by Gasteiger charge is 2.57. The number of hydrogen-bond donors (Lipinski definition) is 3. The van der Waals surface area contributed by atoms with Crippen molar-refractivity contribution in [2.24, 2.45) is 18.0 Å². The molecule has 0 aromatic carbocycles. The van der Waals surface area contributed by atoms with E-state index >= 15 is 0 Å². The number of nitrogens with zero attached hydrogens (tertiary/aromatic N) is 3. The van der Waals surface area contributed by atoms with Crippen LogP contribution in [0.15, 0.2) is 17.4 Å². The van der Waals surface area contributed by atoms with Crippen molar-refractivity contribution in [2.45, 2.75) is 44.4 Å². The Morgan fingerprint density at radius 1 is 1.34 bits per heavy atom. The first kappa shape index (κ1) is 28.9. The van der Waals surface area contributed by atoms with Gasteiger partial charge in [0.15, 0.2) is 5.96 Å². The van der Waals surface area contributed by atoms with Crippen LogP contribution < -0.4 is 10.6 Å². The van der Waals surface area contributed by atoms with Crippen LogP contribution in [-0.4, -0.2) is 72.9 Å². The molecule has 0 radical (unpaired) electrons. The normalized spacial score (nSPS) is 17.5. The molecule has 0 saturated carbocycles. The Hall–Kier alpha value is -1.12. The van der Waals surface area contributed by atoms with E-state index in [2.05, 4.69) is 20.6 Å². The molecule has 1 unspecified atom stereocenters. The highest BCUT2D eigenvalue weighted by Crippen LogP contribution is 2.40. The average molecular weight is 577 g/mol. The maximum absolute atomic E-state index is 13.6. The molecule has 12 heteroatoms. The van der Waals surface area contributed by atoms with Crippen LogP contribution in [0, 0.1) is 5.92 Å².